The Kier molecular flexibility index (Phi) is 7.71. The Labute approximate surface area is 134 Å². The number of hydrogen-bond acceptors (Lipinski definition) is 3. The van der Waals surface area contributed by atoms with Gasteiger partial charge in [-0.1, -0.05) is 13.8 Å². The molecule has 0 radical (unpaired) electrons. The van der Waals surface area contributed by atoms with Crippen LogP contribution in [0.1, 0.15) is 44.0 Å². The second-order valence-electron chi connectivity index (χ2n) is 5.85. The van der Waals surface area contributed by atoms with Crippen LogP contribution >= 0.6 is 0 Å². The Morgan fingerprint density at radius 3 is 2.64 bits per heavy atom. The molecule has 124 valence electrons. The predicted molar refractivity (Wildman–Crippen MR) is 92.5 cm³/mol. The summed E-state index contributed by atoms with van der Waals surface area (Å²) in [5, 5.41) is 6.63. The van der Waals surface area contributed by atoms with E-state index >= 15 is 0 Å². The zero-order chi connectivity index (χ0) is 16.5. The average molecular weight is 306 g/mol. The maximum Gasteiger partial charge on any atom is 0.191 e. The van der Waals surface area contributed by atoms with Crippen LogP contribution in [0.3, 0.4) is 0 Å². The molecule has 5 nitrogen and oxygen atoms in total. The number of hydrogen-bond donors (Lipinski definition) is 2. The van der Waals surface area contributed by atoms with E-state index in [1.165, 1.54) is 0 Å². The minimum Gasteiger partial charge on any atom is -0.496 e. The van der Waals surface area contributed by atoms with Crippen LogP contribution in [0, 0.1) is 19.8 Å². The largest absolute Gasteiger partial charge is 0.496 e. The molecule has 1 rings (SSSR count). The number of aryl methyl sites for hydroxylation is 1. The zero-order valence-electron chi connectivity index (χ0n) is 14.8. The minimum atomic E-state index is 0.541. The summed E-state index contributed by atoms with van der Waals surface area (Å²) < 4.78 is 5.44. The van der Waals surface area contributed by atoms with Crippen molar-refractivity contribution >= 4 is 5.96 Å². The van der Waals surface area contributed by atoms with Gasteiger partial charge in [-0.05, 0) is 33.1 Å². The Morgan fingerprint density at radius 2 is 2.05 bits per heavy atom. The molecule has 0 unspecified atom stereocenters. The third-order valence-electron chi connectivity index (χ3n) is 3.50. The van der Waals surface area contributed by atoms with E-state index in [9.17, 15) is 0 Å². The van der Waals surface area contributed by atoms with Gasteiger partial charge < -0.3 is 15.4 Å². The SMILES string of the molecule is CCNC(=NCc1ncc(C)c(OC)c1C)NCCC(C)C. The second-order valence-corrected chi connectivity index (χ2v) is 5.85. The molecule has 1 heterocycles. The fourth-order valence-electron chi connectivity index (χ4n) is 2.21. The lowest BCUT2D eigenvalue weighted by Gasteiger charge is -2.14. The van der Waals surface area contributed by atoms with E-state index in [4.69, 9.17) is 4.74 Å². The minimum absolute atomic E-state index is 0.541. The molecule has 0 aliphatic rings. The van der Waals surface area contributed by atoms with Crippen LogP contribution in [0.2, 0.25) is 0 Å². The number of aliphatic imine (C=N–C) groups is 1. The molecule has 2 N–H and O–H groups in total. The monoisotopic (exact) mass is 306 g/mol. The fraction of sp³-hybridized carbons (Fsp3) is 0.647. The van der Waals surface area contributed by atoms with Crippen molar-refractivity contribution in [1.82, 2.24) is 15.6 Å². The van der Waals surface area contributed by atoms with Crippen LogP contribution in [-0.4, -0.2) is 31.1 Å². The van der Waals surface area contributed by atoms with Gasteiger partial charge in [-0.2, -0.15) is 0 Å². The van der Waals surface area contributed by atoms with Gasteiger partial charge in [-0.3, -0.25) is 4.98 Å². The van der Waals surface area contributed by atoms with Gasteiger partial charge in [0.2, 0.25) is 0 Å². The zero-order valence-corrected chi connectivity index (χ0v) is 14.8. The van der Waals surface area contributed by atoms with Crippen LogP contribution in [0.15, 0.2) is 11.2 Å². The van der Waals surface area contributed by atoms with Crippen LogP contribution < -0.4 is 15.4 Å². The maximum absolute atomic E-state index is 5.44. The number of pyridine rings is 1. The van der Waals surface area contributed by atoms with Crippen LogP contribution in [0.5, 0.6) is 5.75 Å². The number of aromatic nitrogens is 1. The van der Waals surface area contributed by atoms with Gasteiger partial charge in [0, 0.05) is 30.4 Å². The molecule has 0 aliphatic heterocycles. The molecule has 0 atom stereocenters. The van der Waals surface area contributed by atoms with Crippen molar-refractivity contribution in [2.24, 2.45) is 10.9 Å². The highest BCUT2D eigenvalue weighted by atomic mass is 16.5. The van der Waals surface area contributed by atoms with Crippen LogP contribution in [0.25, 0.3) is 0 Å². The first-order chi connectivity index (χ1) is 10.5. The summed E-state index contributed by atoms with van der Waals surface area (Å²) in [4.78, 5) is 9.11. The molecule has 22 heavy (non-hydrogen) atoms. The number of ether oxygens (including phenoxy) is 1. The second kappa shape index (κ2) is 9.28. The van der Waals surface area contributed by atoms with E-state index in [-0.39, 0.29) is 0 Å². The van der Waals surface area contributed by atoms with Crippen LogP contribution in [0.4, 0.5) is 0 Å². The van der Waals surface area contributed by atoms with E-state index in [0.29, 0.717) is 12.5 Å². The Balaban J connectivity index is 2.77. The topological polar surface area (TPSA) is 58.5 Å². The maximum atomic E-state index is 5.44. The third-order valence-corrected chi connectivity index (χ3v) is 3.50. The van der Waals surface area contributed by atoms with Gasteiger partial charge in [0.15, 0.2) is 5.96 Å². The van der Waals surface area contributed by atoms with Gasteiger partial charge in [-0.25, -0.2) is 4.99 Å². The molecule has 1 aromatic rings. The third kappa shape index (κ3) is 5.54. The lowest BCUT2D eigenvalue weighted by atomic mass is 10.1. The molecule has 1 aromatic heterocycles. The first kappa shape index (κ1) is 18.3. The van der Waals surface area contributed by atoms with E-state index in [1.807, 2.05) is 20.0 Å². The highest BCUT2D eigenvalue weighted by molar-refractivity contribution is 5.79. The highest BCUT2D eigenvalue weighted by Crippen LogP contribution is 2.24. The van der Waals surface area contributed by atoms with Crippen molar-refractivity contribution in [3.05, 3.63) is 23.0 Å². The van der Waals surface area contributed by atoms with Crippen molar-refractivity contribution in [2.75, 3.05) is 20.2 Å². The quantitative estimate of drug-likeness (QED) is 0.601. The van der Waals surface area contributed by atoms with Crippen molar-refractivity contribution in [1.29, 1.82) is 0 Å². The average Bonchev–Trinajstić information content (AvgIpc) is 2.46. The summed E-state index contributed by atoms with van der Waals surface area (Å²) in [6, 6.07) is 0. The molecule has 0 saturated carbocycles. The standard InChI is InChI=1S/C17H30N4O/c1-7-18-17(19-9-8-12(2)3)21-11-15-14(5)16(22-6)13(4)10-20-15/h10,12H,7-9,11H2,1-6H3,(H2,18,19,21). The summed E-state index contributed by atoms with van der Waals surface area (Å²) in [5.74, 6) is 2.42. The molecule has 0 amide bonds. The van der Waals surface area contributed by atoms with Gasteiger partial charge >= 0.3 is 0 Å². The Hall–Kier alpha value is -1.78. The lowest BCUT2D eigenvalue weighted by Crippen LogP contribution is -2.38. The Morgan fingerprint density at radius 1 is 1.32 bits per heavy atom. The number of methoxy groups -OCH3 is 1. The van der Waals surface area contributed by atoms with Crippen molar-refractivity contribution < 1.29 is 4.74 Å². The number of nitrogens with zero attached hydrogens (tertiary/aromatic N) is 2. The summed E-state index contributed by atoms with van der Waals surface area (Å²) in [6.45, 7) is 12.9. The normalized spacial score (nSPS) is 11.7. The summed E-state index contributed by atoms with van der Waals surface area (Å²) in [5.41, 5.74) is 3.06. The first-order valence-corrected chi connectivity index (χ1v) is 8.00. The van der Waals surface area contributed by atoms with Gasteiger partial charge in [-0.15, -0.1) is 0 Å². The van der Waals surface area contributed by atoms with E-state index in [1.54, 1.807) is 7.11 Å². The molecule has 0 aromatic carbocycles. The first-order valence-electron chi connectivity index (χ1n) is 8.00. The van der Waals surface area contributed by atoms with E-state index < -0.39 is 0 Å². The summed E-state index contributed by atoms with van der Waals surface area (Å²) in [6.07, 6.45) is 2.97. The fourth-order valence-corrected chi connectivity index (χ4v) is 2.21. The molecule has 0 bridgehead atoms. The highest BCUT2D eigenvalue weighted by Gasteiger charge is 2.09. The predicted octanol–water partition coefficient (Wildman–Crippen LogP) is 2.81. The molecular formula is C17H30N4O. The van der Waals surface area contributed by atoms with Gasteiger partial charge in [0.25, 0.3) is 0 Å². The molecule has 0 fully saturated rings. The summed E-state index contributed by atoms with van der Waals surface area (Å²) >= 11 is 0. The number of rotatable bonds is 7. The van der Waals surface area contributed by atoms with Crippen molar-refractivity contribution in [2.45, 2.75) is 47.6 Å². The molecule has 0 saturated heterocycles. The number of nitrogens with one attached hydrogen (secondary N) is 2. The molecule has 0 aliphatic carbocycles. The van der Waals surface area contributed by atoms with Crippen LogP contribution in [-0.2, 0) is 6.54 Å². The van der Waals surface area contributed by atoms with Gasteiger partial charge in [0.1, 0.15) is 5.75 Å². The summed E-state index contributed by atoms with van der Waals surface area (Å²) in [7, 11) is 1.69. The molecular weight excluding hydrogens is 276 g/mol. The number of guanidine groups is 1. The van der Waals surface area contributed by atoms with Gasteiger partial charge in [0.05, 0.1) is 19.3 Å². The smallest absolute Gasteiger partial charge is 0.191 e. The Bertz CT molecular complexity index is 498. The van der Waals surface area contributed by atoms with Crippen molar-refractivity contribution in [3.8, 4) is 5.75 Å². The molecule has 5 heteroatoms. The molecule has 0 spiro atoms. The van der Waals surface area contributed by atoms with Crippen molar-refractivity contribution in [3.63, 3.8) is 0 Å². The van der Waals surface area contributed by atoms with E-state index in [2.05, 4.69) is 41.4 Å². The van der Waals surface area contributed by atoms with E-state index in [0.717, 1.165) is 48.0 Å². The lowest BCUT2D eigenvalue weighted by molar-refractivity contribution is 0.407.